The molecule has 0 bridgehead atoms. The lowest BCUT2D eigenvalue weighted by Crippen LogP contribution is -2.72. The van der Waals surface area contributed by atoms with Gasteiger partial charge in [-0.15, -0.1) is 0 Å². The van der Waals surface area contributed by atoms with Crippen molar-refractivity contribution in [1.29, 1.82) is 0 Å². The molecule has 0 saturated carbocycles. The summed E-state index contributed by atoms with van der Waals surface area (Å²) < 4.78 is 0. The van der Waals surface area contributed by atoms with Crippen molar-refractivity contribution in [3.05, 3.63) is 237 Å². The number of rotatable bonds is 8. The number of hydrogen-bond donors (Lipinski definition) is 0. The molecule has 0 spiro atoms. The van der Waals surface area contributed by atoms with Crippen molar-refractivity contribution < 1.29 is 0 Å². The number of anilines is 3. The monoisotopic (exact) mass is 729 g/mol. The lowest BCUT2D eigenvalue weighted by molar-refractivity contribution is 1.28. The standard InChI is InChI=1S/C54H39NSi/c1-5-18-40(19-6-1)41-34-36-42(37-35-41)43-20-15-24-46(38-43)55(45-22-7-2-8-23-45)47-25-16-21-44(39-47)50-31-17-33-53-54(50)51-30-13-14-32-52(51)56(53,48-26-9-3-10-27-48)49-28-11-4-12-29-49/h1-39H. The fraction of sp³-hybridized carbons (Fsp3) is 0. The molecule has 0 N–H and O–H groups in total. The Morgan fingerprint density at radius 2 is 0.679 bits per heavy atom. The second-order valence-electron chi connectivity index (χ2n) is 14.5. The van der Waals surface area contributed by atoms with Crippen LogP contribution in [0.1, 0.15) is 0 Å². The predicted molar refractivity (Wildman–Crippen MR) is 240 cm³/mol. The molecule has 0 radical (unpaired) electrons. The number of hydrogen-bond acceptors (Lipinski definition) is 1. The van der Waals surface area contributed by atoms with Crippen molar-refractivity contribution in [3.8, 4) is 44.5 Å². The third-order valence-electron chi connectivity index (χ3n) is 11.3. The average molecular weight is 730 g/mol. The van der Waals surface area contributed by atoms with E-state index >= 15 is 0 Å². The molecule has 264 valence electrons. The molecule has 0 saturated heterocycles. The first kappa shape index (κ1) is 33.6. The molecule has 2 heteroatoms. The normalized spacial score (nSPS) is 12.4. The van der Waals surface area contributed by atoms with Crippen LogP contribution in [-0.4, -0.2) is 8.07 Å². The van der Waals surface area contributed by atoms with Gasteiger partial charge in [0.05, 0.1) is 0 Å². The molecule has 9 aromatic rings. The number of nitrogens with zero attached hydrogens (tertiary/aromatic N) is 1. The number of benzene rings is 9. The summed E-state index contributed by atoms with van der Waals surface area (Å²) in [5, 5.41) is 5.72. The van der Waals surface area contributed by atoms with Crippen LogP contribution in [-0.2, 0) is 0 Å². The van der Waals surface area contributed by atoms with E-state index in [1.165, 1.54) is 65.3 Å². The van der Waals surface area contributed by atoms with Crippen molar-refractivity contribution in [2.24, 2.45) is 0 Å². The van der Waals surface area contributed by atoms with Crippen molar-refractivity contribution in [2.75, 3.05) is 4.90 Å². The highest BCUT2D eigenvalue weighted by molar-refractivity contribution is 7.22. The fourth-order valence-electron chi connectivity index (χ4n) is 8.88. The van der Waals surface area contributed by atoms with Crippen LogP contribution in [0.3, 0.4) is 0 Å². The summed E-state index contributed by atoms with van der Waals surface area (Å²) >= 11 is 0. The molecule has 1 aliphatic rings. The van der Waals surface area contributed by atoms with Gasteiger partial charge in [-0.3, -0.25) is 0 Å². The maximum absolute atomic E-state index is 2.60. The van der Waals surface area contributed by atoms with Crippen molar-refractivity contribution in [2.45, 2.75) is 0 Å². The van der Waals surface area contributed by atoms with Gasteiger partial charge >= 0.3 is 0 Å². The minimum Gasteiger partial charge on any atom is -0.310 e. The Balaban J connectivity index is 1.11. The van der Waals surface area contributed by atoms with E-state index in [9.17, 15) is 0 Å². The second-order valence-corrected chi connectivity index (χ2v) is 18.2. The SMILES string of the molecule is c1ccc(-c2ccc(-c3cccc(N(c4ccccc4)c4cccc(-c5cccc6c5-c5ccccc5[Si]6(c5ccccc5)c5ccccc5)c4)c3)cc2)cc1. The molecule has 0 amide bonds. The number of para-hydroxylation sites is 1. The summed E-state index contributed by atoms with van der Waals surface area (Å²) in [6, 6.07) is 86.9. The van der Waals surface area contributed by atoms with E-state index < -0.39 is 8.07 Å². The van der Waals surface area contributed by atoms with Crippen molar-refractivity contribution >= 4 is 45.9 Å². The Morgan fingerprint density at radius 3 is 1.32 bits per heavy atom. The van der Waals surface area contributed by atoms with Crippen LogP contribution in [0.15, 0.2) is 237 Å². The molecule has 1 aliphatic heterocycles. The second kappa shape index (κ2) is 14.3. The van der Waals surface area contributed by atoms with E-state index in [-0.39, 0.29) is 0 Å². The van der Waals surface area contributed by atoms with Gasteiger partial charge in [-0.05, 0) is 102 Å². The fourth-order valence-corrected chi connectivity index (χ4v) is 14.1. The highest BCUT2D eigenvalue weighted by Gasteiger charge is 2.49. The smallest absolute Gasteiger partial charge is 0.180 e. The lowest BCUT2D eigenvalue weighted by atomic mass is 9.94. The molecule has 1 nitrogen and oxygen atoms in total. The zero-order chi connectivity index (χ0) is 37.3. The quantitative estimate of drug-likeness (QED) is 0.141. The van der Waals surface area contributed by atoms with Crippen molar-refractivity contribution in [3.63, 3.8) is 0 Å². The van der Waals surface area contributed by atoms with Gasteiger partial charge in [0.2, 0.25) is 0 Å². The van der Waals surface area contributed by atoms with Crippen LogP contribution in [0, 0.1) is 0 Å². The van der Waals surface area contributed by atoms with E-state index in [1.807, 2.05) is 0 Å². The zero-order valence-corrected chi connectivity index (χ0v) is 32.0. The van der Waals surface area contributed by atoms with Gasteiger partial charge in [-0.25, -0.2) is 0 Å². The van der Waals surface area contributed by atoms with Gasteiger partial charge in [0, 0.05) is 17.1 Å². The molecule has 0 atom stereocenters. The summed E-state index contributed by atoms with van der Waals surface area (Å²) in [5.74, 6) is 0. The third-order valence-corrected chi connectivity index (χ3v) is 16.2. The van der Waals surface area contributed by atoms with Gasteiger partial charge in [0.25, 0.3) is 0 Å². The van der Waals surface area contributed by atoms with Gasteiger partial charge < -0.3 is 4.90 Å². The molecule has 0 aliphatic carbocycles. The van der Waals surface area contributed by atoms with E-state index in [0.717, 1.165) is 17.1 Å². The van der Waals surface area contributed by atoms with Gasteiger partial charge in [0.1, 0.15) is 0 Å². The van der Waals surface area contributed by atoms with Crippen LogP contribution in [0.4, 0.5) is 17.1 Å². The molecular weight excluding hydrogens is 691 g/mol. The topological polar surface area (TPSA) is 3.24 Å². The van der Waals surface area contributed by atoms with E-state index in [1.54, 1.807) is 0 Å². The van der Waals surface area contributed by atoms with Crippen molar-refractivity contribution in [1.82, 2.24) is 0 Å². The van der Waals surface area contributed by atoms with Crippen LogP contribution in [0.2, 0.25) is 0 Å². The molecule has 0 aromatic heterocycles. The van der Waals surface area contributed by atoms with Gasteiger partial charge in [-0.1, -0.05) is 200 Å². The molecule has 0 unspecified atom stereocenters. The summed E-state index contributed by atoms with van der Waals surface area (Å²) in [6.45, 7) is 0. The number of fused-ring (bicyclic) bond motifs is 3. The Kier molecular flexibility index (Phi) is 8.59. The highest BCUT2D eigenvalue weighted by Crippen LogP contribution is 2.41. The predicted octanol–water partition coefficient (Wildman–Crippen LogP) is 11.5. The summed E-state index contributed by atoms with van der Waals surface area (Å²) in [6.07, 6.45) is 0. The Morgan fingerprint density at radius 1 is 0.268 bits per heavy atom. The maximum Gasteiger partial charge on any atom is 0.180 e. The Hall–Kier alpha value is -7.00. The molecule has 10 rings (SSSR count). The van der Waals surface area contributed by atoms with Gasteiger partial charge in [0.15, 0.2) is 8.07 Å². The minimum absolute atomic E-state index is 1.11. The summed E-state index contributed by atoms with van der Waals surface area (Å²) in [7, 11) is -2.60. The Labute approximate surface area is 330 Å². The van der Waals surface area contributed by atoms with E-state index in [0.29, 0.717) is 0 Å². The third kappa shape index (κ3) is 5.71. The molecule has 9 aromatic carbocycles. The molecule has 1 heterocycles. The van der Waals surface area contributed by atoms with E-state index in [4.69, 9.17) is 0 Å². The molecule has 56 heavy (non-hydrogen) atoms. The van der Waals surface area contributed by atoms with Crippen LogP contribution < -0.4 is 25.6 Å². The first-order valence-electron chi connectivity index (χ1n) is 19.3. The molecular formula is C54H39NSi. The van der Waals surface area contributed by atoms with Crippen LogP contribution >= 0.6 is 0 Å². The van der Waals surface area contributed by atoms with E-state index in [2.05, 4.69) is 241 Å². The van der Waals surface area contributed by atoms with Crippen LogP contribution in [0.5, 0.6) is 0 Å². The van der Waals surface area contributed by atoms with Gasteiger partial charge in [-0.2, -0.15) is 0 Å². The summed E-state index contributed by atoms with van der Waals surface area (Å²) in [5.41, 5.74) is 13.3. The molecule has 0 fully saturated rings. The summed E-state index contributed by atoms with van der Waals surface area (Å²) in [4.78, 5) is 2.38. The first-order chi connectivity index (χ1) is 27.8. The highest BCUT2D eigenvalue weighted by atomic mass is 28.3. The van der Waals surface area contributed by atoms with Crippen LogP contribution in [0.25, 0.3) is 44.5 Å². The largest absolute Gasteiger partial charge is 0.310 e. The first-order valence-corrected chi connectivity index (χ1v) is 21.3. The average Bonchev–Trinajstić information content (AvgIpc) is 3.59. The minimum atomic E-state index is -2.60. The zero-order valence-electron chi connectivity index (χ0n) is 31.0. The lowest BCUT2D eigenvalue weighted by Gasteiger charge is -2.31. The Bertz CT molecular complexity index is 2740. The maximum atomic E-state index is 2.41.